The van der Waals surface area contributed by atoms with Gasteiger partial charge in [-0.15, -0.1) is 0 Å². The van der Waals surface area contributed by atoms with Crippen LogP contribution in [0.3, 0.4) is 0 Å². The van der Waals surface area contributed by atoms with Gasteiger partial charge in [0.1, 0.15) is 6.10 Å². The van der Waals surface area contributed by atoms with Gasteiger partial charge in [-0.2, -0.15) is 13.2 Å². The Morgan fingerprint density at radius 2 is 1.90 bits per heavy atom. The number of hydrogen-bond acceptors (Lipinski definition) is 4. The van der Waals surface area contributed by atoms with E-state index in [1.807, 2.05) is 0 Å². The van der Waals surface area contributed by atoms with Crippen LogP contribution >= 0.6 is 0 Å². The van der Waals surface area contributed by atoms with E-state index in [1.54, 1.807) is 0 Å². The van der Waals surface area contributed by atoms with Gasteiger partial charge in [0.15, 0.2) is 0 Å². The molecule has 0 radical (unpaired) electrons. The monoisotopic (exact) mass is 428 g/mol. The van der Waals surface area contributed by atoms with Crippen molar-refractivity contribution in [1.29, 1.82) is 0 Å². The molecule has 1 aliphatic heterocycles. The molecule has 1 aliphatic rings. The lowest BCUT2D eigenvalue weighted by atomic mass is 10.2. The molecule has 2 aromatic rings. The number of alkyl halides is 3. The van der Waals surface area contributed by atoms with E-state index in [9.17, 15) is 26.4 Å². The molecule has 1 heterocycles. The molecule has 1 fully saturated rings. The molecule has 1 saturated heterocycles. The number of aryl methyl sites for hydroxylation is 1. The Labute approximate surface area is 166 Å². The third-order valence-corrected chi connectivity index (χ3v) is 5.94. The van der Waals surface area contributed by atoms with Crippen LogP contribution in [0.1, 0.15) is 24.0 Å². The summed E-state index contributed by atoms with van der Waals surface area (Å²) in [5, 5.41) is 2.67. The van der Waals surface area contributed by atoms with E-state index in [4.69, 9.17) is 4.74 Å². The molecule has 29 heavy (non-hydrogen) atoms. The second-order valence-corrected chi connectivity index (χ2v) is 8.31. The summed E-state index contributed by atoms with van der Waals surface area (Å²) >= 11 is 0. The maximum atomic E-state index is 12.8. The van der Waals surface area contributed by atoms with E-state index in [1.165, 1.54) is 31.2 Å². The van der Waals surface area contributed by atoms with Crippen molar-refractivity contribution in [3.05, 3.63) is 53.6 Å². The van der Waals surface area contributed by atoms with E-state index in [-0.39, 0.29) is 16.5 Å². The highest BCUT2D eigenvalue weighted by Gasteiger charge is 2.31. The molecule has 1 unspecified atom stereocenters. The molecule has 3 rings (SSSR count). The van der Waals surface area contributed by atoms with Crippen LogP contribution in [0.5, 0.6) is 0 Å². The minimum absolute atomic E-state index is 0.106. The fourth-order valence-electron chi connectivity index (χ4n) is 3.01. The van der Waals surface area contributed by atoms with E-state index in [0.717, 1.165) is 24.6 Å². The van der Waals surface area contributed by atoms with Crippen LogP contribution in [-0.2, 0) is 25.7 Å². The summed E-state index contributed by atoms with van der Waals surface area (Å²) in [5.41, 5.74) is -0.424. The zero-order valence-corrected chi connectivity index (χ0v) is 16.2. The number of benzene rings is 2. The number of carbonyl (C=O) groups excluding carboxylic acids is 1. The summed E-state index contributed by atoms with van der Waals surface area (Å²) in [5.74, 6) is -0.306. The Balaban J connectivity index is 1.78. The fraction of sp³-hybridized carbons (Fsp3) is 0.316. The van der Waals surface area contributed by atoms with Crippen molar-refractivity contribution in [2.75, 3.05) is 16.6 Å². The molecule has 0 aromatic heterocycles. The van der Waals surface area contributed by atoms with Gasteiger partial charge in [-0.3, -0.25) is 9.52 Å². The molecule has 0 bridgehead atoms. The number of ether oxygens (including phenoxy) is 1. The van der Waals surface area contributed by atoms with Crippen molar-refractivity contribution in [2.24, 2.45) is 0 Å². The van der Waals surface area contributed by atoms with Crippen molar-refractivity contribution in [3.63, 3.8) is 0 Å². The highest BCUT2D eigenvalue weighted by atomic mass is 32.2. The predicted octanol–water partition coefficient (Wildman–Crippen LogP) is 3.93. The molecule has 0 saturated carbocycles. The maximum absolute atomic E-state index is 12.8. The maximum Gasteiger partial charge on any atom is 0.416 e. The average Bonchev–Trinajstić information content (AvgIpc) is 3.15. The molecule has 156 valence electrons. The van der Waals surface area contributed by atoms with Crippen molar-refractivity contribution >= 4 is 27.3 Å². The number of nitrogens with one attached hydrogen (secondary N) is 2. The van der Waals surface area contributed by atoms with Crippen molar-refractivity contribution < 1.29 is 31.1 Å². The van der Waals surface area contributed by atoms with Crippen LogP contribution in [-0.4, -0.2) is 27.0 Å². The largest absolute Gasteiger partial charge is 0.416 e. The van der Waals surface area contributed by atoms with Crippen LogP contribution in [0.4, 0.5) is 24.5 Å². The number of rotatable bonds is 5. The molecular weight excluding hydrogens is 409 g/mol. The third-order valence-electron chi connectivity index (χ3n) is 4.40. The normalized spacial score (nSPS) is 17.2. The minimum Gasteiger partial charge on any atom is -0.368 e. The van der Waals surface area contributed by atoms with Gasteiger partial charge in [-0.05, 0) is 61.7 Å². The summed E-state index contributed by atoms with van der Waals surface area (Å²) in [4.78, 5) is 12.0. The first kappa shape index (κ1) is 21.1. The number of anilines is 2. The van der Waals surface area contributed by atoms with E-state index in [0.29, 0.717) is 24.3 Å². The SMILES string of the molecule is Cc1cc(NC(=O)C2CCCO2)ccc1S(=O)(=O)Nc1cccc(C(F)(F)F)c1. The zero-order valence-electron chi connectivity index (χ0n) is 15.4. The molecule has 1 atom stereocenters. The molecule has 6 nitrogen and oxygen atoms in total. The molecule has 10 heteroatoms. The van der Waals surface area contributed by atoms with Crippen LogP contribution in [0.25, 0.3) is 0 Å². The van der Waals surface area contributed by atoms with Gasteiger partial charge >= 0.3 is 6.18 Å². The van der Waals surface area contributed by atoms with Gasteiger partial charge in [-0.1, -0.05) is 6.07 Å². The number of carbonyl (C=O) groups is 1. The first-order chi connectivity index (χ1) is 13.6. The number of halogens is 3. The second kappa shape index (κ2) is 8.03. The smallest absolute Gasteiger partial charge is 0.368 e. The molecule has 0 spiro atoms. The fourth-order valence-corrected chi connectivity index (χ4v) is 4.28. The van der Waals surface area contributed by atoms with Gasteiger partial charge in [0.25, 0.3) is 15.9 Å². The summed E-state index contributed by atoms with van der Waals surface area (Å²) in [6.45, 7) is 2.05. The number of sulfonamides is 1. The summed E-state index contributed by atoms with van der Waals surface area (Å²) in [6, 6.07) is 8.12. The number of amides is 1. The van der Waals surface area contributed by atoms with E-state index in [2.05, 4.69) is 10.0 Å². The first-order valence-corrected chi connectivity index (χ1v) is 10.3. The molecule has 1 amide bonds. The lowest BCUT2D eigenvalue weighted by Gasteiger charge is -2.14. The van der Waals surface area contributed by atoms with Crippen molar-refractivity contribution in [1.82, 2.24) is 0 Å². The quantitative estimate of drug-likeness (QED) is 0.756. The minimum atomic E-state index is -4.58. The summed E-state index contributed by atoms with van der Waals surface area (Å²) in [6.07, 6.45) is -3.69. The van der Waals surface area contributed by atoms with Crippen molar-refractivity contribution in [2.45, 2.75) is 36.9 Å². The Morgan fingerprint density at radius 1 is 1.14 bits per heavy atom. The van der Waals surface area contributed by atoms with Crippen LogP contribution in [0.15, 0.2) is 47.4 Å². The highest BCUT2D eigenvalue weighted by Crippen LogP contribution is 2.31. The van der Waals surface area contributed by atoms with Crippen LogP contribution < -0.4 is 10.0 Å². The molecular formula is C19H19F3N2O4S. The first-order valence-electron chi connectivity index (χ1n) is 8.79. The van der Waals surface area contributed by atoms with E-state index >= 15 is 0 Å². The van der Waals surface area contributed by atoms with Crippen molar-refractivity contribution in [3.8, 4) is 0 Å². The van der Waals surface area contributed by atoms with Crippen LogP contribution in [0, 0.1) is 6.92 Å². The Hall–Kier alpha value is -2.59. The Morgan fingerprint density at radius 3 is 2.52 bits per heavy atom. The predicted molar refractivity (Wildman–Crippen MR) is 101 cm³/mol. The van der Waals surface area contributed by atoms with Crippen LogP contribution in [0.2, 0.25) is 0 Å². The molecule has 2 N–H and O–H groups in total. The lowest BCUT2D eigenvalue weighted by Crippen LogP contribution is -2.27. The average molecular weight is 428 g/mol. The zero-order chi connectivity index (χ0) is 21.2. The van der Waals surface area contributed by atoms with Gasteiger partial charge in [-0.25, -0.2) is 8.42 Å². The van der Waals surface area contributed by atoms with Gasteiger partial charge < -0.3 is 10.1 Å². The van der Waals surface area contributed by atoms with Gasteiger partial charge in [0.05, 0.1) is 10.5 Å². The molecule has 0 aliphatic carbocycles. The Bertz CT molecular complexity index is 1020. The molecule has 2 aromatic carbocycles. The Kier molecular flexibility index (Phi) is 5.85. The third kappa shape index (κ3) is 5.07. The van der Waals surface area contributed by atoms with Gasteiger partial charge in [0, 0.05) is 18.0 Å². The van der Waals surface area contributed by atoms with Gasteiger partial charge in [0.2, 0.25) is 0 Å². The lowest BCUT2D eigenvalue weighted by molar-refractivity contribution is -0.137. The summed E-state index contributed by atoms with van der Waals surface area (Å²) in [7, 11) is -4.12. The second-order valence-electron chi connectivity index (χ2n) is 6.66. The topological polar surface area (TPSA) is 84.5 Å². The van der Waals surface area contributed by atoms with E-state index < -0.39 is 27.9 Å². The highest BCUT2D eigenvalue weighted by molar-refractivity contribution is 7.92. The standard InChI is InChI=1S/C19H19F3N2O4S/c1-12-10-14(23-18(25)16-6-3-9-28-16)7-8-17(12)29(26,27)24-15-5-2-4-13(11-15)19(20,21)22/h2,4-5,7-8,10-11,16,24H,3,6,9H2,1H3,(H,23,25). The number of hydrogen-bond donors (Lipinski definition) is 2. The summed E-state index contributed by atoms with van der Waals surface area (Å²) < 4.78 is 71.2.